The van der Waals surface area contributed by atoms with Crippen molar-refractivity contribution in [3.05, 3.63) is 28.5 Å². The molecule has 4 heteroatoms. The zero-order chi connectivity index (χ0) is 11.3. The van der Waals surface area contributed by atoms with Crippen LogP contribution in [0.5, 0.6) is 5.75 Å². The highest BCUT2D eigenvalue weighted by molar-refractivity contribution is 6.31. The summed E-state index contributed by atoms with van der Waals surface area (Å²) in [6.07, 6.45) is 1.94. The van der Waals surface area contributed by atoms with Crippen molar-refractivity contribution < 1.29 is 14.2 Å². The summed E-state index contributed by atoms with van der Waals surface area (Å²) in [7, 11) is 0. The quantitative estimate of drug-likeness (QED) is 0.791. The lowest BCUT2D eigenvalue weighted by Gasteiger charge is -2.08. The Morgan fingerprint density at radius 2 is 2.20 bits per heavy atom. The molecule has 0 fully saturated rings. The fourth-order valence-corrected chi connectivity index (χ4v) is 1.41. The molecule has 15 heavy (non-hydrogen) atoms. The van der Waals surface area contributed by atoms with E-state index in [2.05, 4.69) is 0 Å². The van der Waals surface area contributed by atoms with Crippen LogP contribution < -0.4 is 4.74 Å². The average molecular weight is 233 g/mol. The monoisotopic (exact) mass is 232 g/mol. The van der Waals surface area contributed by atoms with Gasteiger partial charge in [-0.2, -0.15) is 0 Å². The fraction of sp³-hybridized carbons (Fsp3) is 0.455. The van der Waals surface area contributed by atoms with Crippen LogP contribution in [0.15, 0.2) is 12.1 Å². The number of aliphatic hydroxyl groups is 1. The minimum absolute atomic E-state index is 0.111. The van der Waals surface area contributed by atoms with Crippen molar-refractivity contribution >= 4 is 11.6 Å². The molecular weight excluding hydrogens is 219 g/mol. The second kappa shape index (κ2) is 5.93. The molecular formula is C11H14ClFO2. The maximum Gasteiger partial charge on any atom is 0.133 e. The first kappa shape index (κ1) is 12.3. The van der Waals surface area contributed by atoms with Gasteiger partial charge in [0, 0.05) is 11.6 Å². The molecule has 0 aliphatic heterocycles. The molecule has 2 nitrogen and oxygen atoms in total. The number of ether oxygens (including phenoxy) is 1. The predicted octanol–water partition coefficient (Wildman–Crippen LogP) is 3.15. The summed E-state index contributed by atoms with van der Waals surface area (Å²) in [4.78, 5) is 0. The van der Waals surface area contributed by atoms with Crippen LogP contribution >= 0.6 is 11.6 Å². The number of benzene rings is 1. The second-order valence-electron chi connectivity index (χ2n) is 3.23. The van der Waals surface area contributed by atoms with E-state index in [1.165, 1.54) is 12.1 Å². The van der Waals surface area contributed by atoms with Gasteiger partial charge in [-0.1, -0.05) is 24.9 Å². The maximum atomic E-state index is 13.3. The fourth-order valence-electron chi connectivity index (χ4n) is 1.15. The lowest BCUT2D eigenvalue weighted by atomic mass is 10.2. The molecule has 1 aromatic carbocycles. The van der Waals surface area contributed by atoms with Gasteiger partial charge in [0.25, 0.3) is 0 Å². The van der Waals surface area contributed by atoms with Gasteiger partial charge in [0.15, 0.2) is 0 Å². The van der Waals surface area contributed by atoms with E-state index in [9.17, 15) is 4.39 Å². The van der Waals surface area contributed by atoms with Crippen LogP contribution in [0.25, 0.3) is 0 Å². The first-order valence-corrected chi connectivity index (χ1v) is 5.28. The third-order valence-electron chi connectivity index (χ3n) is 2.04. The van der Waals surface area contributed by atoms with E-state index >= 15 is 0 Å². The lowest BCUT2D eigenvalue weighted by molar-refractivity contribution is 0.274. The van der Waals surface area contributed by atoms with E-state index in [1.807, 2.05) is 6.92 Å². The van der Waals surface area contributed by atoms with E-state index < -0.39 is 12.4 Å². The molecule has 1 N–H and O–H groups in total. The SMILES string of the molecule is CCCCOc1cc(F)c(CO)c(Cl)c1. The molecule has 0 saturated heterocycles. The Hall–Kier alpha value is -0.800. The molecule has 0 aromatic heterocycles. The summed E-state index contributed by atoms with van der Waals surface area (Å²) in [6, 6.07) is 2.76. The Bertz CT molecular complexity index is 305. The highest BCUT2D eigenvalue weighted by atomic mass is 35.5. The number of rotatable bonds is 5. The second-order valence-corrected chi connectivity index (χ2v) is 3.63. The summed E-state index contributed by atoms with van der Waals surface area (Å²) in [5.74, 6) is -0.125. The van der Waals surface area contributed by atoms with Crippen LogP contribution in [-0.4, -0.2) is 11.7 Å². The van der Waals surface area contributed by atoms with Crippen molar-refractivity contribution in [2.45, 2.75) is 26.4 Å². The first-order valence-electron chi connectivity index (χ1n) is 4.90. The van der Waals surface area contributed by atoms with Gasteiger partial charge in [-0.3, -0.25) is 0 Å². The molecule has 0 unspecified atom stereocenters. The van der Waals surface area contributed by atoms with Gasteiger partial charge >= 0.3 is 0 Å². The van der Waals surface area contributed by atoms with E-state index in [1.54, 1.807) is 0 Å². The van der Waals surface area contributed by atoms with Gasteiger partial charge < -0.3 is 9.84 Å². The van der Waals surface area contributed by atoms with E-state index in [0.717, 1.165) is 12.8 Å². The zero-order valence-corrected chi connectivity index (χ0v) is 9.35. The minimum atomic E-state index is -0.531. The van der Waals surface area contributed by atoms with Crippen LogP contribution in [0, 0.1) is 5.82 Å². The molecule has 0 heterocycles. The van der Waals surface area contributed by atoms with Crippen LogP contribution in [0.2, 0.25) is 5.02 Å². The van der Waals surface area contributed by atoms with Gasteiger partial charge in [-0.15, -0.1) is 0 Å². The smallest absolute Gasteiger partial charge is 0.133 e. The molecule has 0 bridgehead atoms. The number of hydrogen-bond donors (Lipinski definition) is 1. The molecule has 0 aliphatic rings. The van der Waals surface area contributed by atoms with Gasteiger partial charge in [-0.25, -0.2) is 4.39 Å². The Balaban J connectivity index is 2.75. The summed E-state index contributed by atoms with van der Waals surface area (Å²) < 4.78 is 18.6. The Morgan fingerprint density at radius 3 is 2.73 bits per heavy atom. The number of aliphatic hydroxyl groups excluding tert-OH is 1. The van der Waals surface area contributed by atoms with Gasteiger partial charge in [0.05, 0.1) is 18.2 Å². The molecule has 0 saturated carbocycles. The number of halogens is 2. The molecule has 0 amide bonds. The van der Waals surface area contributed by atoms with Crippen LogP contribution in [0.4, 0.5) is 4.39 Å². The van der Waals surface area contributed by atoms with E-state index in [4.69, 9.17) is 21.4 Å². The van der Waals surface area contributed by atoms with Crippen LogP contribution in [0.1, 0.15) is 25.3 Å². The summed E-state index contributed by atoms with van der Waals surface area (Å²) in [6.45, 7) is 2.19. The Kier molecular flexibility index (Phi) is 4.85. The number of unbranched alkanes of at least 4 members (excludes halogenated alkanes) is 1. The van der Waals surface area contributed by atoms with E-state index in [-0.39, 0.29) is 10.6 Å². The van der Waals surface area contributed by atoms with Crippen molar-refractivity contribution in [3.63, 3.8) is 0 Å². The predicted molar refractivity (Wildman–Crippen MR) is 57.7 cm³/mol. The summed E-state index contributed by atoms with van der Waals surface area (Å²) >= 11 is 5.77. The molecule has 1 rings (SSSR count). The Morgan fingerprint density at radius 1 is 1.47 bits per heavy atom. The highest BCUT2D eigenvalue weighted by Gasteiger charge is 2.09. The molecule has 84 valence electrons. The minimum Gasteiger partial charge on any atom is -0.493 e. The molecule has 0 atom stereocenters. The van der Waals surface area contributed by atoms with Crippen LogP contribution in [0.3, 0.4) is 0 Å². The molecule has 0 spiro atoms. The van der Waals surface area contributed by atoms with Crippen molar-refractivity contribution in [2.75, 3.05) is 6.61 Å². The molecule has 0 radical (unpaired) electrons. The van der Waals surface area contributed by atoms with Crippen molar-refractivity contribution in [1.29, 1.82) is 0 Å². The maximum absolute atomic E-state index is 13.3. The Labute approximate surface area is 93.6 Å². The standard InChI is InChI=1S/C11H14ClFO2/c1-2-3-4-15-8-5-10(12)9(7-14)11(13)6-8/h5-6,14H,2-4,7H2,1H3. The van der Waals surface area contributed by atoms with Crippen molar-refractivity contribution in [2.24, 2.45) is 0 Å². The van der Waals surface area contributed by atoms with Crippen molar-refractivity contribution in [3.8, 4) is 5.75 Å². The third-order valence-corrected chi connectivity index (χ3v) is 2.38. The average Bonchev–Trinajstić information content (AvgIpc) is 2.18. The van der Waals surface area contributed by atoms with Gasteiger partial charge in [0.1, 0.15) is 11.6 Å². The topological polar surface area (TPSA) is 29.5 Å². The van der Waals surface area contributed by atoms with Gasteiger partial charge in [-0.05, 0) is 12.5 Å². The largest absolute Gasteiger partial charge is 0.493 e. The highest BCUT2D eigenvalue weighted by Crippen LogP contribution is 2.25. The zero-order valence-electron chi connectivity index (χ0n) is 8.59. The first-order chi connectivity index (χ1) is 7.19. The van der Waals surface area contributed by atoms with E-state index in [0.29, 0.717) is 12.4 Å². The molecule has 1 aromatic rings. The summed E-state index contributed by atoms with van der Waals surface area (Å²) in [5, 5.41) is 9.04. The van der Waals surface area contributed by atoms with Crippen molar-refractivity contribution in [1.82, 2.24) is 0 Å². The summed E-state index contributed by atoms with van der Waals surface area (Å²) in [5.41, 5.74) is 0.111. The normalized spacial score (nSPS) is 10.4. The van der Waals surface area contributed by atoms with Gasteiger partial charge in [0.2, 0.25) is 0 Å². The third kappa shape index (κ3) is 3.36. The molecule has 0 aliphatic carbocycles. The number of hydrogen-bond acceptors (Lipinski definition) is 2. The lowest BCUT2D eigenvalue weighted by Crippen LogP contribution is -1.99. The van der Waals surface area contributed by atoms with Crippen LogP contribution in [-0.2, 0) is 6.61 Å².